The number of benzene rings is 2. The van der Waals surface area contributed by atoms with Crippen molar-refractivity contribution >= 4 is 5.97 Å². The Morgan fingerprint density at radius 2 is 1.58 bits per heavy atom. The summed E-state index contributed by atoms with van der Waals surface area (Å²) in [5.41, 5.74) is 4.52. The highest BCUT2D eigenvalue weighted by molar-refractivity contribution is 5.69. The predicted molar refractivity (Wildman–Crippen MR) is 106 cm³/mol. The number of aliphatic hydroxyl groups is 1. The van der Waals surface area contributed by atoms with Crippen LogP contribution >= 0.6 is 0 Å². The van der Waals surface area contributed by atoms with E-state index >= 15 is 0 Å². The third-order valence-corrected chi connectivity index (χ3v) is 4.58. The molecule has 0 aliphatic rings. The minimum absolute atomic E-state index is 0.232. The Morgan fingerprint density at radius 3 is 2.15 bits per heavy atom. The summed E-state index contributed by atoms with van der Waals surface area (Å²) in [5.74, 6) is -0.262. The van der Waals surface area contributed by atoms with Gasteiger partial charge in [0.05, 0.1) is 12.7 Å². The number of rotatable bonds is 10. The van der Waals surface area contributed by atoms with Gasteiger partial charge in [0.1, 0.15) is 0 Å². The molecule has 26 heavy (non-hydrogen) atoms. The van der Waals surface area contributed by atoms with Gasteiger partial charge in [0, 0.05) is 6.42 Å². The van der Waals surface area contributed by atoms with Gasteiger partial charge in [-0.25, -0.2) is 0 Å². The van der Waals surface area contributed by atoms with Gasteiger partial charge < -0.3 is 9.84 Å². The highest BCUT2D eigenvalue weighted by Crippen LogP contribution is 2.24. The Morgan fingerprint density at radius 1 is 0.962 bits per heavy atom. The van der Waals surface area contributed by atoms with Gasteiger partial charge in [-0.3, -0.25) is 4.79 Å². The number of esters is 1. The van der Waals surface area contributed by atoms with Crippen LogP contribution in [0.3, 0.4) is 0 Å². The number of aliphatic hydroxyl groups excluding tert-OH is 1. The number of hydrogen-bond donors (Lipinski definition) is 1. The van der Waals surface area contributed by atoms with Crippen molar-refractivity contribution in [3.05, 3.63) is 59.7 Å². The molecule has 0 amide bonds. The van der Waals surface area contributed by atoms with Crippen molar-refractivity contribution in [1.82, 2.24) is 0 Å². The average molecular weight is 354 g/mol. The first-order chi connectivity index (χ1) is 12.6. The van der Waals surface area contributed by atoms with Crippen molar-refractivity contribution < 1.29 is 14.6 Å². The summed E-state index contributed by atoms with van der Waals surface area (Å²) >= 11 is 0. The number of ether oxygens (including phenoxy) is 1. The van der Waals surface area contributed by atoms with Gasteiger partial charge in [0.25, 0.3) is 0 Å². The third-order valence-electron chi connectivity index (χ3n) is 4.58. The normalized spacial score (nSPS) is 12.0. The second-order valence-electron chi connectivity index (χ2n) is 6.64. The van der Waals surface area contributed by atoms with Crippen molar-refractivity contribution in [2.45, 2.75) is 58.5 Å². The second kappa shape index (κ2) is 10.8. The third kappa shape index (κ3) is 6.30. The Balaban J connectivity index is 1.92. The monoisotopic (exact) mass is 354 g/mol. The van der Waals surface area contributed by atoms with Crippen LogP contribution in [0.4, 0.5) is 0 Å². The largest absolute Gasteiger partial charge is 0.466 e. The second-order valence-corrected chi connectivity index (χ2v) is 6.64. The molecule has 1 N–H and O–H groups in total. The molecule has 1 atom stereocenters. The molecule has 3 heteroatoms. The number of unbranched alkanes of at least 4 members (excludes halogenated alkanes) is 2. The molecule has 0 unspecified atom stereocenters. The molecule has 2 rings (SSSR count). The molecule has 2 aromatic carbocycles. The molecule has 0 saturated carbocycles. The quantitative estimate of drug-likeness (QED) is 0.455. The lowest BCUT2D eigenvalue weighted by Crippen LogP contribution is -2.07. The maximum atomic E-state index is 11.4. The SMILES string of the molecule is CCCCCc1ccc(-c2ccc([C@@H](O)CCC(=O)OCC)cc2)cc1. The van der Waals surface area contributed by atoms with Crippen LogP contribution in [-0.2, 0) is 16.0 Å². The first kappa shape index (κ1) is 20.2. The molecule has 140 valence electrons. The van der Waals surface area contributed by atoms with E-state index in [9.17, 15) is 9.90 Å². The van der Waals surface area contributed by atoms with Crippen molar-refractivity contribution in [2.75, 3.05) is 6.61 Å². The van der Waals surface area contributed by atoms with Crippen molar-refractivity contribution in [3.63, 3.8) is 0 Å². The van der Waals surface area contributed by atoms with E-state index in [0.717, 1.165) is 17.5 Å². The Hall–Kier alpha value is -2.13. The first-order valence-electron chi connectivity index (χ1n) is 9.67. The van der Waals surface area contributed by atoms with Gasteiger partial charge in [0.15, 0.2) is 0 Å². The molecule has 0 bridgehead atoms. The van der Waals surface area contributed by atoms with Gasteiger partial charge >= 0.3 is 5.97 Å². The molecule has 0 radical (unpaired) electrons. The van der Waals surface area contributed by atoms with E-state index < -0.39 is 6.10 Å². The van der Waals surface area contributed by atoms with Crippen LogP contribution in [-0.4, -0.2) is 17.7 Å². The molecule has 0 aliphatic carbocycles. The molecule has 0 heterocycles. The Kier molecular flexibility index (Phi) is 8.36. The Labute approximate surface area is 157 Å². The molecule has 0 aliphatic heterocycles. The van der Waals surface area contributed by atoms with Gasteiger partial charge in [-0.2, -0.15) is 0 Å². The maximum absolute atomic E-state index is 11.4. The van der Waals surface area contributed by atoms with E-state index in [4.69, 9.17) is 4.74 Å². The lowest BCUT2D eigenvalue weighted by Gasteiger charge is -2.11. The summed E-state index contributed by atoms with van der Waals surface area (Å²) < 4.78 is 4.90. The summed E-state index contributed by atoms with van der Waals surface area (Å²) in [6.45, 7) is 4.38. The Bertz CT molecular complexity index is 659. The van der Waals surface area contributed by atoms with Crippen LogP contribution in [0.15, 0.2) is 48.5 Å². The summed E-state index contributed by atoms with van der Waals surface area (Å²) in [4.78, 5) is 11.4. The first-order valence-corrected chi connectivity index (χ1v) is 9.67. The van der Waals surface area contributed by atoms with Gasteiger partial charge in [-0.1, -0.05) is 68.3 Å². The molecular formula is C23H30O3. The number of hydrogen-bond acceptors (Lipinski definition) is 3. The van der Waals surface area contributed by atoms with Gasteiger partial charge in [0.2, 0.25) is 0 Å². The number of carbonyl (C=O) groups excluding carboxylic acids is 1. The summed E-state index contributed by atoms with van der Waals surface area (Å²) in [6.07, 6.45) is 4.88. The van der Waals surface area contributed by atoms with Crippen molar-refractivity contribution in [3.8, 4) is 11.1 Å². The van der Waals surface area contributed by atoms with Crippen molar-refractivity contribution in [1.29, 1.82) is 0 Å². The smallest absolute Gasteiger partial charge is 0.305 e. The van der Waals surface area contributed by atoms with E-state index in [1.54, 1.807) is 6.92 Å². The van der Waals surface area contributed by atoms with Gasteiger partial charge in [-0.15, -0.1) is 0 Å². The fourth-order valence-electron chi connectivity index (χ4n) is 3.00. The highest BCUT2D eigenvalue weighted by Gasteiger charge is 2.11. The van der Waals surface area contributed by atoms with Crippen LogP contribution in [0, 0.1) is 0 Å². The average Bonchev–Trinajstić information content (AvgIpc) is 2.67. The van der Waals surface area contributed by atoms with Crippen LogP contribution < -0.4 is 0 Å². The predicted octanol–water partition coefficient (Wildman–Crippen LogP) is 5.46. The zero-order chi connectivity index (χ0) is 18.8. The van der Waals surface area contributed by atoms with Crippen LogP contribution in [0.1, 0.15) is 63.2 Å². The summed E-state index contributed by atoms with van der Waals surface area (Å²) in [5, 5.41) is 10.2. The topological polar surface area (TPSA) is 46.5 Å². The van der Waals surface area contributed by atoms with E-state index in [-0.39, 0.29) is 12.4 Å². The minimum Gasteiger partial charge on any atom is -0.466 e. The van der Waals surface area contributed by atoms with E-state index in [1.165, 1.54) is 30.4 Å². The zero-order valence-electron chi connectivity index (χ0n) is 15.9. The zero-order valence-corrected chi connectivity index (χ0v) is 15.9. The highest BCUT2D eigenvalue weighted by atomic mass is 16.5. The maximum Gasteiger partial charge on any atom is 0.305 e. The standard InChI is InChI=1S/C23H30O3/c1-3-5-6-7-18-8-10-19(11-9-18)20-12-14-21(15-13-20)22(24)16-17-23(25)26-4-2/h8-15,22,24H,3-7,16-17H2,1-2H3/t22-/m0/s1. The molecular weight excluding hydrogens is 324 g/mol. The fourth-order valence-corrected chi connectivity index (χ4v) is 3.00. The molecule has 3 nitrogen and oxygen atoms in total. The molecule has 0 spiro atoms. The van der Waals surface area contributed by atoms with Crippen LogP contribution in [0.25, 0.3) is 11.1 Å². The fraction of sp³-hybridized carbons (Fsp3) is 0.435. The molecule has 0 aromatic heterocycles. The lowest BCUT2D eigenvalue weighted by atomic mass is 9.98. The summed E-state index contributed by atoms with van der Waals surface area (Å²) in [7, 11) is 0. The van der Waals surface area contributed by atoms with Gasteiger partial charge in [-0.05, 0) is 48.4 Å². The van der Waals surface area contributed by atoms with Crippen molar-refractivity contribution in [2.24, 2.45) is 0 Å². The van der Waals surface area contributed by atoms with E-state index in [1.807, 2.05) is 24.3 Å². The van der Waals surface area contributed by atoms with Crippen LogP contribution in [0.5, 0.6) is 0 Å². The van der Waals surface area contributed by atoms with Crippen LogP contribution in [0.2, 0.25) is 0 Å². The lowest BCUT2D eigenvalue weighted by molar-refractivity contribution is -0.143. The minimum atomic E-state index is -0.644. The molecule has 0 saturated heterocycles. The van der Waals surface area contributed by atoms with E-state index in [0.29, 0.717) is 13.0 Å². The molecule has 2 aromatic rings. The summed E-state index contributed by atoms with van der Waals surface area (Å²) in [6, 6.07) is 16.6. The number of carbonyl (C=O) groups is 1. The molecule has 0 fully saturated rings. The van der Waals surface area contributed by atoms with E-state index in [2.05, 4.69) is 31.2 Å². The number of aryl methyl sites for hydroxylation is 1.